The van der Waals surface area contributed by atoms with E-state index in [1.807, 2.05) is 48.7 Å². The van der Waals surface area contributed by atoms with Gasteiger partial charge in [-0.25, -0.2) is 0 Å². The molecule has 0 bridgehead atoms. The fourth-order valence-corrected chi connectivity index (χ4v) is 3.70. The van der Waals surface area contributed by atoms with E-state index < -0.39 is 0 Å². The number of ether oxygens (including phenoxy) is 3. The highest BCUT2D eigenvalue weighted by Gasteiger charge is 2.11. The van der Waals surface area contributed by atoms with Gasteiger partial charge >= 0.3 is 0 Å². The molecule has 0 saturated heterocycles. The molecular weight excluding hydrogens is 432 g/mol. The van der Waals surface area contributed by atoms with E-state index in [0.29, 0.717) is 30.7 Å². The number of hydrogen-bond acceptors (Lipinski definition) is 5. The molecular formula is C27H28N2O5. The van der Waals surface area contributed by atoms with Crippen molar-refractivity contribution in [1.29, 1.82) is 0 Å². The number of methoxy groups -OCH3 is 1. The summed E-state index contributed by atoms with van der Waals surface area (Å²) in [6, 6.07) is 20.6. The van der Waals surface area contributed by atoms with Crippen molar-refractivity contribution in [3.05, 3.63) is 89.6 Å². The van der Waals surface area contributed by atoms with Crippen LogP contribution in [0.15, 0.2) is 72.9 Å². The highest BCUT2D eigenvalue weighted by molar-refractivity contribution is 5.94. The van der Waals surface area contributed by atoms with Crippen molar-refractivity contribution >= 4 is 16.8 Å². The van der Waals surface area contributed by atoms with Crippen molar-refractivity contribution in [3.63, 3.8) is 0 Å². The molecule has 1 heterocycles. The molecule has 1 aromatic heterocycles. The quantitative estimate of drug-likeness (QED) is 0.288. The van der Waals surface area contributed by atoms with Crippen molar-refractivity contribution in [2.24, 2.45) is 0 Å². The van der Waals surface area contributed by atoms with E-state index in [1.165, 1.54) is 0 Å². The molecule has 0 spiro atoms. The zero-order valence-electron chi connectivity index (χ0n) is 19.0. The molecule has 0 aliphatic rings. The number of carbonyl (C=O) groups is 1. The Hall–Kier alpha value is -3.81. The molecule has 3 aromatic carbocycles. The number of aromatic nitrogens is 1. The van der Waals surface area contributed by atoms with E-state index in [9.17, 15) is 4.79 Å². The summed E-state index contributed by atoms with van der Waals surface area (Å²) in [7, 11) is 1.56. The van der Waals surface area contributed by atoms with Crippen LogP contribution in [0, 0.1) is 0 Å². The maximum absolute atomic E-state index is 12.5. The van der Waals surface area contributed by atoms with Gasteiger partial charge in [-0.05, 0) is 66.4 Å². The van der Waals surface area contributed by atoms with Crippen LogP contribution in [0.5, 0.6) is 17.2 Å². The van der Waals surface area contributed by atoms with Crippen molar-refractivity contribution in [1.82, 2.24) is 10.3 Å². The predicted octanol–water partition coefficient (Wildman–Crippen LogP) is 4.45. The van der Waals surface area contributed by atoms with Gasteiger partial charge in [-0.3, -0.25) is 4.79 Å². The summed E-state index contributed by atoms with van der Waals surface area (Å²) in [5.74, 6) is 1.98. The van der Waals surface area contributed by atoms with Crippen LogP contribution in [0.3, 0.4) is 0 Å². The monoisotopic (exact) mass is 460 g/mol. The third-order valence-corrected chi connectivity index (χ3v) is 5.45. The largest absolute Gasteiger partial charge is 0.468 e. The second-order valence-corrected chi connectivity index (χ2v) is 7.79. The first-order chi connectivity index (χ1) is 16.7. The Labute approximate surface area is 198 Å². The number of H-pyrrole nitrogens is 1. The minimum atomic E-state index is -0.133. The summed E-state index contributed by atoms with van der Waals surface area (Å²) in [5.41, 5.74) is 3.65. The van der Waals surface area contributed by atoms with E-state index in [4.69, 9.17) is 19.3 Å². The Kier molecular flexibility index (Phi) is 7.80. The van der Waals surface area contributed by atoms with Gasteiger partial charge in [0.05, 0.1) is 5.52 Å². The van der Waals surface area contributed by atoms with Crippen LogP contribution < -0.4 is 14.8 Å². The van der Waals surface area contributed by atoms with Gasteiger partial charge in [0.25, 0.3) is 5.91 Å². The Bertz CT molecular complexity index is 1220. The van der Waals surface area contributed by atoms with Crippen molar-refractivity contribution in [2.75, 3.05) is 27.1 Å². The lowest BCUT2D eigenvalue weighted by atomic mass is 10.1. The zero-order chi connectivity index (χ0) is 23.8. The smallest absolute Gasteiger partial charge is 0.251 e. The van der Waals surface area contributed by atoms with E-state index in [2.05, 4.69) is 10.3 Å². The number of rotatable bonds is 11. The predicted molar refractivity (Wildman–Crippen MR) is 131 cm³/mol. The molecule has 0 saturated carbocycles. The number of benzene rings is 3. The van der Waals surface area contributed by atoms with Crippen molar-refractivity contribution < 1.29 is 24.1 Å². The van der Waals surface area contributed by atoms with Crippen LogP contribution in [0.1, 0.15) is 21.5 Å². The molecule has 1 amide bonds. The van der Waals surface area contributed by atoms with E-state index in [0.717, 1.165) is 33.5 Å². The third-order valence-electron chi connectivity index (χ3n) is 5.45. The van der Waals surface area contributed by atoms with Gasteiger partial charge in [0, 0.05) is 37.4 Å². The van der Waals surface area contributed by atoms with Gasteiger partial charge in [0.2, 0.25) is 0 Å². The second-order valence-electron chi connectivity index (χ2n) is 7.79. The fourth-order valence-electron chi connectivity index (χ4n) is 3.70. The first-order valence-electron chi connectivity index (χ1n) is 11.1. The van der Waals surface area contributed by atoms with Gasteiger partial charge < -0.3 is 29.6 Å². The number of aromatic amines is 1. The zero-order valence-corrected chi connectivity index (χ0v) is 19.0. The van der Waals surface area contributed by atoms with Crippen LogP contribution in [0.2, 0.25) is 0 Å². The molecule has 3 N–H and O–H groups in total. The molecule has 4 rings (SSSR count). The summed E-state index contributed by atoms with van der Waals surface area (Å²) in [5, 5.41) is 13.1. The topological polar surface area (TPSA) is 92.8 Å². The molecule has 7 nitrogen and oxygen atoms in total. The summed E-state index contributed by atoms with van der Waals surface area (Å²) in [6.07, 6.45) is 3.26. The SMILES string of the molecule is COCOc1ccc(C(=O)NCCc2c[nH]c3c(Oc4ccc(CCO)cc4)cccc23)cc1. The van der Waals surface area contributed by atoms with Crippen LogP contribution >= 0.6 is 0 Å². The highest BCUT2D eigenvalue weighted by atomic mass is 16.7. The molecule has 0 atom stereocenters. The van der Waals surface area contributed by atoms with Crippen LogP contribution in [-0.2, 0) is 17.6 Å². The van der Waals surface area contributed by atoms with Crippen LogP contribution in [0.25, 0.3) is 10.9 Å². The normalized spacial score (nSPS) is 10.9. The van der Waals surface area contributed by atoms with Crippen LogP contribution in [0.4, 0.5) is 0 Å². The lowest BCUT2D eigenvalue weighted by Gasteiger charge is -2.09. The standard InChI is InChI=1S/C27H28N2O5/c1-32-18-33-22-11-7-20(8-12-22)27(31)28-15-13-21-17-29-26-24(21)3-2-4-25(26)34-23-9-5-19(6-10-23)14-16-30/h2-12,17,29-30H,13-16,18H2,1H3,(H,28,31). The van der Waals surface area contributed by atoms with Gasteiger partial charge in [-0.2, -0.15) is 0 Å². The summed E-state index contributed by atoms with van der Waals surface area (Å²) >= 11 is 0. The second kappa shape index (κ2) is 11.4. The summed E-state index contributed by atoms with van der Waals surface area (Å²) < 4.78 is 16.3. The highest BCUT2D eigenvalue weighted by Crippen LogP contribution is 2.31. The van der Waals surface area contributed by atoms with Gasteiger partial charge in [0.1, 0.15) is 11.5 Å². The Morgan fingerprint density at radius 1 is 0.971 bits per heavy atom. The summed E-state index contributed by atoms with van der Waals surface area (Å²) in [4.78, 5) is 15.8. The van der Waals surface area contributed by atoms with Crippen LogP contribution in [-0.4, -0.2) is 43.1 Å². The minimum absolute atomic E-state index is 0.126. The number of nitrogens with one attached hydrogen (secondary N) is 2. The molecule has 0 unspecified atom stereocenters. The van der Waals surface area contributed by atoms with Crippen molar-refractivity contribution in [3.8, 4) is 17.2 Å². The minimum Gasteiger partial charge on any atom is -0.468 e. The number of para-hydroxylation sites is 1. The summed E-state index contributed by atoms with van der Waals surface area (Å²) in [6.45, 7) is 0.798. The molecule has 176 valence electrons. The number of carbonyl (C=O) groups excluding carboxylic acids is 1. The average Bonchev–Trinajstić information content (AvgIpc) is 3.28. The maximum atomic E-state index is 12.5. The molecule has 4 aromatic rings. The Morgan fingerprint density at radius 2 is 1.74 bits per heavy atom. The first-order valence-corrected chi connectivity index (χ1v) is 11.1. The third kappa shape index (κ3) is 5.75. The molecule has 0 radical (unpaired) electrons. The fraction of sp³-hybridized carbons (Fsp3) is 0.222. The Balaban J connectivity index is 1.36. The molecule has 0 aliphatic heterocycles. The lowest BCUT2D eigenvalue weighted by molar-refractivity contribution is 0.0511. The van der Waals surface area contributed by atoms with Gasteiger partial charge in [0.15, 0.2) is 12.5 Å². The van der Waals surface area contributed by atoms with E-state index >= 15 is 0 Å². The van der Waals surface area contributed by atoms with Gasteiger partial charge in [-0.1, -0.05) is 24.3 Å². The number of hydrogen-bond donors (Lipinski definition) is 3. The number of aliphatic hydroxyl groups is 1. The van der Waals surface area contributed by atoms with E-state index in [-0.39, 0.29) is 19.3 Å². The molecule has 34 heavy (non-hydrogen) atoms. The van der Waals surface area contributed by atoms with E-state index in [1.54, 1.807) is 31.4 Å². The number of amides is 1. The molecule has 7 heteroatoms. The van der Waals surface area contributed by atoms with Gasteiger partial charge in [-0.15, -0.1) is 0 Å². The molecule has 0 fully saturated rings. The maximum Gasteiger partial charge on any atom is 0.251 e. The lowest BCUT2D eigenvalue weighted by Crippen LogP contribution is -2.25. The average molecular weight is 461 g/mol. The first kappa shape index (κ1) is 23.4. The Morgan fingerprint density at radius 3 is 2.47 bits per heavy atom. The number of aliphatic hydroxyl groups excluding tert-OH is 1. The molecule has 0 aliphatic carbocycles. The number of fused-ring (bicyclic) bond motifs is 1. The van der Waals surface area contributed by atoms with Crippen molar-refractivity contribution in [2.45, 2.75) is 12.8 Å².